The molecular formula is C12H23N5. The zero-order valence-corrected chi connectivity index (χ0v) is 11.5. The Kier molecular flexibility index (Phi) is 3.50. The van der Waals surface area contributed by atoms with Crippen molar-refractivity contribution in [2.24, 2.45) is 0 Å². The summed E-state index contributed by atoms with van der Waals surface area (Å²) in [5.41, 5.74) is 6.44. The molecule has 0 saturated heterocycles. The summed E-state index contributed by atoms with van der Waals surface area (Å²) in [5, 5.41) is 6.52. The van der Waals surface area contributed by atoms with Gasteiger partial charge in [0.25, 0.3) is 0 Å². The van der Waals surface area contributed by atoms with Crippen LogP contribution in [-0.4, -0.2) is 21.0 Å². The van der Waals surface area contributed by atoms with Crippen LogP contribution in [0.15, 0.2) is 6.33 Å². The molecule has 0 atom stereocenters. The number of nitrogens with zero attached hydrogens (tertiary/aromatic N) is 2. The van der Waals surface area contributed by atoms with E-state index in [0.717, 1.165) is 0 Å². The van der Waals surface area contributed by atoms with Crippen molar-refractivity contribution >= 4 is 17.3 Å². The van der Waals surface area contributed by atoms with Crippen LogP contribution in [0.4, 0.5) is 17.3 Å². The van der Waals surface area contributed by atoms with Crippen molar-refractivity contribution in [3.63, 3.8) is 0 Å². The van der Waals surface area contributed by atoms with Gasteiger partial charge in [-0.3, -0.25) is 0 Å². The highest BCUT2D eigenvalue weighted by Gasteiger charge is 2.17. The second-order valence-corrected chi connectivity index (χ2v) is 6.23. The minimum absolute atomic E-state index is 0.0819. The molecule has 1 aromatic rings. The van der Waals surface area contributed by atoms with Crippen LogP contribution in [0.1, 0.15) is 41.5 Å². The monoisotopic (exact) mass is 237 g/mol. The Bertz CT molecular complexity index is 353. The van der Waals surface area contributed by atoms with Gasteiger partial charge in [-0.25, -0.2) is 9.97 Å². The highest BCUT2D eigenvalue weighted by atomic mass is 15.1. The molecule has 0 aliphatic carbocycles. The fraction of sp³-hybridized carbons (Fsp3) is 0.667. The molecule has 17 heavy (non-hydrogen) atoms. The van der Waals surface area contributed by atoms with Crippen LogP contribution in [0.5, 0.6) is 0 Å². The predicted octanol–water partition coefficient (Wildman–Crippen LogP) is 2.48. The second kappa shape index (κ2) is 4.39. The molecule has 1 rings (SSSR count). The summed E-state index contributed by atoms with van der Waals surface area (Å²) in [7, 11) is 0. The normalized spacial score (nSPS) is 12.4. The molecule has 0 spiro atoms. The minimum atomic E-state index is -0.0819. The van der Waals surface area contributed by atoms with Crippen molar-refractivity contribution in [2.75, 3.05) is 16.4 Å². The minimum Gasteiger partial charge on any atom is -0.393 e. The maximum atomic E-state index is 6.05. The lowest BCUT2D eigenvalue weighted by molar-refractivity contribution is 0.626. The molecule has 0 radical (unpaired) electrons. The number of rotatable bonds is 2. The van der Waals surface area contributed by atoms with Gasteiger partial charge in [0.1, 0.15) is 12.0 Å². The first-order chi connectivity index (χ1) is 7.58. The number of nitrogens with one attached hydrogen (secondary N) is 2. The van der Waals surface area contributed by atoms with Gasteiger partial charge in [-0.2, -0.15) is 0 Å². The van der Waals surface area contributed by atoms with Gasteiger partial charge < -0.3 is 16.4 Å². The molecule has 5 nitrogen and oxygen atoms in total. The van der Waals surface area contributed by atoms with Gasteiger partial charge >= 0.3 is 0 Å². The molecule has 0 amide bonds. The van der Waals surface area contributed by atoms with E-state index < -0.39 is 0 Å². The van der Waals surface area contributed by atoms with Gasteiger partial charge in [-0.15, -0.1) is 0 Å². The smallest absolute Gasteiger partial charge is 0.155 e. The predicted molar refractivity (Wildman–Crippen MR) is 73.2 cm³/mol. The second-order valence-electron chi connectivity index (χ2n) is 6.23. The summed E-state index contributed by atoms with van der Waals surface area (Å²) in [5.74, 6) is 1.33. The van der Waals surface area contributed by atoms with Gasteiger partial charge in [0, 0.05) is 11.1 Å². The summed E-state index contributed by atoms with van der Waals surface area (Å²) in [6.45, 7) is 12.4. The van der Waals surface area contributed by atoms with Crippen LogP contribution >= 0.6 is 0 Å². The summed E-state index contributed by atoms with van der Waals surface area (Å²) in [6.07, 6.45) is 1.51. The van der Waals surface area contributed by atoms with E-state index in [1.165, 1.54) is 6.33 Å². The first kappa shape index (κ1) is 13.5. The van der Waals surface area contributed by atoms with Crippen LogP contribution in [0.2, 0.25) is 0 Å². The molecular weight excluding hydrogens is 214 g/mol. The lowest BCUT2D eigenvalue weighted by Gasteiger charge is -2.25. The Morgan fingerprint density at radius 3 is 1.53 bits per heavy atom. The summed E-state index contributed by atoms with van der Waals surface area (Å²) in [4.78, 5) is 8.33. The number of nitrogens with two attached hydrogens (primary N) is 1. The van der Waals surface area contributed by atoms with Gasteiger partial charge in [0.05, 0.1) is 0 Å². The molecule has 1 aromatic heterocycles. The van der Waals surface area contributed by atoms with Gasteiger partial charge in [-0.05, 0) is 41.5 Å². The molecule has 4 N–H and O–H groups in total. The third-order valence-electron chi connectivity index (χ3n) is 1.87. The van der Waals surface area contributed by atoms with Crippen LogP contribution in [0.3, 0.4) is 0 Å². The van der Waals surface area contributed by atoms with Crippen molar-refractivity contribution in [3.05, 3.63) is 6.33 Å². The average Bonchev–Trinajstić information content (AvgIpc) is 2.07. The van der Waals surface area contributed by atoms with Crippen molar-refractivity contribution in [2.45, 2.75) is 52.6 Å². The molecule has 96 valence electrons. The Labute approximate surface area is 103 Å². The van der Waals surface area contributed by atoms with E-state index in [1.54, 1.807) is 0 Å². The van der Waals surface area contributed by atoms with E-state index in [9.17, 15) is 0 Å². The van der Waals surface area contributed by atoms with E-state index in [0.29, 0.717) is 17.3 Å². The summed E-state index contributed by atoms with van der Waals surface area (Å²) < 4.78 is 0. The highest BCUT2D eigenvalue weighted by molar-refractivity contribution is 5.74. The number of nitrogen functional groups attached to an aromatic ring is 1. The number of anilines is 3. The first-order valence-electron chi connectivity index (χ1n) is 5.75. The molecule has 0 saturated carbocycles. The highest BCUT2D eigenvalue weighted by Crippen LogP contribution is 2.26. The Morgan fingerprint density at radius 2 is 1.24 bits per heavy atom. The maximum Gasteiger partial charge on any atom is 0.155 e. The van der Waals surface area contributed by atoms with E-state index in [4.69, 9.17) is 5.73 Å². The van der Waals surface area contributed by atoms with Gasteiger partial charge in [0.2, 0.25) is 0 Å². The third-order valence-corrected chi connectivity index (χ3v) is 1.87. The van der Waals surface area contributed by atoms with Crippen molar-refractivity contribution in [1.29, 1.82) is 0 Å². The molecule has 0 aromatic carbocycles. The van der Waals surface area contributed by atoms with Crippen LogP contribution < -0.4 is 16.4 Å². The van der Waals surface area contributed by atoms with Crippen molar-refractivity contribution in [3.8, 4) is 0 Å². The number of aromatic nitrogens is 2. The van der Waals surface area contributed by atoms with E-state index in [2.05, 4.69) is 62.1 Å². The molecule has 0 bridgehead atoms. The van der Waals surface area contributed by atoms with Crippen LogP contribution in [-0.2, 0) is 0 Å². The number of hydrogen-bond donors (Lipinski definition) is 3. The van der Waals surface area contributed by atoms with Crippen molar-refractivity contribution < 1.29 is 0 Å². The molecule has 5 heteroatoms. The Balaban J connectivity index is 3.00. The van der Waals surface area contributed by atoms with Crippen LogP contribution in [0, 0.1) is 0 Å². The molecule has 0 unspecified atom stereocenters. The molecule has 1 heterocycles. The van der Waals surface area contributed by atoms with Gasteiger partial charge in [0.15, 0.2) is 11.6 Å². The topological polar surface area (TPSA) is 75.9 Å². The largest absolute Gasteiger partial charge is 0.393 e. The lowest BCUT2D eigenvalue weighted by atomic mass is 10.1. The standard InChI is InChI=1S/C12H23N5/c1-11(2,3)16-9-8(13)10(15-7-14-9)17-12(4,5)6/h7H,13H2,1-6H3,(H2,14,15,16,17). The summed E-state index contributed by atoms with van der Waals surface area (Å²) in [6, 6.07) is 0. The lowest BCUT2D eigenvalue weighted by Crippen LogP contribution is -2.30. The maximum absolute atomic E-state index is 6.05. The Hall–Kier alpha value is -1.52. The zero-order valence-electron chi connectivity index (χ0n) is 11.5. The van der Waals surface area contributed by atoms with Crippen LogP contribution in [0.25, 0.3) is 0 Å². The van der Waals surface area contributed by atoms with E-state index in [1.807, 2.05) is 0 Å². The van der Waals surface area contributed by atoms with E-state index in [-0.39, 0.29) is 11.1 Å². The van der Waals surface area contributed by atoms with Crippen molar-refractivity contribution in [1.82, 2.24) is 9.97 Å². The Morgan fingerprint density at radius 1 is 0.882 bits per heavy atom. The first-order valence-corrected chi connectivity index (χ1v) is 5.75. The fourth-order valence-corrected chi connectivity index (χ4v) is 1.31. The quantitative estimate of drug-likeness (QED) is 0.736. The molecule has 0 aliphatic rings. The third kappa shape index (κ3) is 4.46. The van der Waals surface area contributed by atoms with E-state index >= 15 is 0 Å². The molecule has 0 fully saturated rings. The number of hydrogen-bond acceptors (Lipinski definition) is 5. The fourth-order valence-electron chi connectivity index (χ4n) is 1.31. The SMILES string of the molecule is CC(C)(C)Nc1ncnc(NC(C)(C)C)c1N. The average molecular weight is 237 g/mol. The van der Waals surface area contributed by atoms with Gasteiger partial charge in [-0.1, -0.05) is 0 Å². The molecule has 0 aliphatic heterocycles. The zero-order chi connectivity index (χ0) is 13.3. The summed E-state index contributed by atoms with van der Waals surface area (Å²) >= 11 is 0.